The first-order valence-electron chi connectivity index (χ1n) is 6.44. The van der Waals surface area contributed by atoms with E-state index >= 15 is 0 Å². The molecule has 0 aliphatic carbocycles. The number of aromatic nitrogens is 1. The van der Waals surface area contributed by atoms with E-state index in [1.165, 1.54) is 0 Å². The van der Waals surface area contributed by atoms with Crippen molar-refractivity contribution in [1.29, 1.82) is 0 Å². The van der Waals surface area contributed by atoms with Crippen LogP contribution in [-0.4, -0.2) is 28.4 Å². The zero-order valence-electron chi connectivity index (χ0n) is 11.7. The van der Waals surface area contributed by atoms with Crippen molar-refractivity contribution in [3.05, 3.63) is 24.0 Å². The molecule has 0 radical (unpaired) electrons. The predicted molar refractivity (Wildman–Crippen MR) is 72.8 cm³/mol. The molecule has 0 bridgehead atoms. The van der Waals surface area contributed by atoms with Crippen LogP contribution in [0.4, 0.5) is 5.69 Å². The number of carbonyl (C=O) groups is 2. The molecule has 5 nitrogen and oxygen atoms in total. The molecule has 2 heterocycles. The first-order valence-corrected chi connectivity index (χ1v) is 6.44. The molecule has 1 aromatic rings. The van der Waals surface area contributed by atoms with Gasteiger partial charge in [-0.05, 0) is 38.8 Å². The fourth-order valence-electron chi connectivity index (χ4n) is 2.34. The lowest BCUT2D eigenvalue weighted by Crippen LogP contribution is -2.68. The lowest BCUT2D eigenvalue weighted by molar-refractivity contribution is -0.137. The maximum Gasteiger partial charge on any atom is 0.252 e. The van der Waals surface area contributed by atoms with E-state index in [1.807, 2.05) is 19.9 Å². The van der Waals surface area contributed by atoms with Crippen LogP contribution in [0.5, 0.6) is 0 Å². The topological polar surface area (TPSA) is 62.3 Å². The van der Waals surface area contributed by atoms with Crippen LogP contribution in [0.1, 0.15) is 32.8 Å². The van der Waals surface area contributed by atoms with E-state index in [-0.39, 0.29) is 11.8 Å². The number of piperazine rings is 1. The van der Waals surface area contributed by atoms with Crippen LogP contribution >= 0.6 is 0 Å². The van der Waals surface area contributed by atoms with Crippen LogP contribution < -0.4 is 10.2 Å². The highest BCUT2D eigenvalue weighted by molar-refractivity contribution is 6.10. The molecular formula is C14H19N3O2. The van der Waals surface area contributed by atoms with Crippen molar-refractivity contribution >= 4 is 17.5 Å². The van der Waals surface area contributed by atoms with Crippen LogP contribution in [-0.2, 0) is 9.59 Å². The summed E-state index contributed by atoms with van der Waals surface area (Å²) in [6.45, 7) is 7.24. The monoisotopic (exact) mass is 261 g/mol. The van der Waals surface area contributed by atoms with E-state index in [0.29, 0.717) is 12.1 Å². The molecule has 1 aromatic heterocycles. The van der Waals surface area contributed by atoms with Gasteiger partial charge in [0.2, 0.25) is 5.91 Å². The molecule has 1 saturated heterocycles. The number of hydrogen-bond donors (Lipinski definition) is 1. The number of rotatable bonds is 2. The van der Waals surface area contributed by atoms with Gasteiger partial charge in [-0.2, -0.15) is 0 Å². The fraction of sp³-hybridized carbons (Fsp3) is 0.500. The Kier molecular flexibility index (Phi) is 3.30. The Balaban J connectivity index is 2.49. The first kappa shape index (κ1) is 13.5. The van der Waals surface area contributed by atoms with Gasteiger partial charge in [0.1, 0.15) is 11.6 Å². The first-order chi connectivity index (χ1) is 8.86. The van der Waals surface area contributed by atoms with Gasteiger partial charge in [-0.3, -0.25) is 19.5 Å². The number of anilines is 1. The number of nitrogens with one attached hydrogen (secondary N) is 1. The van der Waals surface area contributed by atoms with E-state index in [4.69, 9.17) is 0 Å². The normalized spacial score (nSPS) is 22.3. The number of aryl methyl sites for hydroxylation is 1. The third-order valence-electron chi connectivity index (χ3n) is 3.33. The Labute approximate surface area is 113 Å². The summed E-state index contributed by atoms with van der Waals surface area (Å²) < 4.78 is 0. The van der Waals surface area contributed by atoms with Gasteiger partial charge in [0, 0.05) is 6.20 Å². The molecular weight excluding hydrogens is 242 g/mol. The largest absolute Gasteiger partial charge is 0.340 e. The molecule has 1 atom stereocenters. The Morgan fingerprint density at radius 2 is 2.05 bits per heavy atom. The quantitative estimate of drug-likeness (QED) is 0.875. The zero-order valence-corrected chi connectivity index (χ0v) is 11.7. The van der Waals surface area contributed by atoms with Crippen LogP contribution in [0, 0.1) is 6.92 Å². The number of carbonyl (C=O) groups excluding carboxylic acids is 2. The van der Waals surface area contributed by atoms with Crippen molar-refractivity contribution in [2.75, 3.05) is 4.90 Å². The summed E-state index contributed by atoms with van der Waals surface area (Å²) in [6.07, 6.45) is 3.92. The van der Waals surface area contributed by atoms with Crippen LogP contribution in [0.15, 0.2) is 18.5 Å². The molecule has 1 unspecified atom stereocenters. The van der Waals surface area contributed by atoms with Gasteiger partial charge in [-0.25, -0.2) is 0 Å². The number of hydrogen-bond acceptors (Lipinski definition) is 3. The smallest absolute Gasteiger partial charge is 0.252 e. The molecule has 1 aliphatic heterocycles. The van der Waals surface area contributed by atoms with Crippen LogP contribution in [0.3, 0.4) is 0 Å². The van der Waals surface area contributed by atoms with E-state index in [2.05, 4.69) is 10.3 Å². The molecule has 2 amide bonds. The van der Waals surface area contributed by atoms with Gasteiger partial charge in [0.25, 0.3) is 5.91 Å². The molecule has 102 valence electrons. The van der Waals surface area contributed by atoms with E-state index in [1.54, 1.807) is 31.1 Å². The minimum absolute atomic E-state index is 0.105. The average molecular weight is 261 g/mol. The molecule has 1 aliphatic rings. The van der Waals surface area contributed by atoms with Gasteiger partial charge in [0.05, 0.1) is 11.9 Å². The summed E-state index contributed by atoms with van der Waals surface area (Å²) in [6, 6.07) is 1.41. The Bertz CT molecular complexity index is 525. The minimum atomic E-state index is -0.882. The van der Waals surface area contributed by atoms with E-state index < -0.39 is 11.6 Å². The third-order valence-corrected chi connectivity index (χ3v) is 3.33. The summed E-state index contributed by atoms with van der Waals surface area (Å²) >= 11 is 0. The van der Waals surface area contributed by atoms with Crippen LogP contribution in [0.2, 0.25) is 0 Å². The molecule has 0 aromatic carbocycles. The van der Waals surface area contributed by atoms with Gasteiger partial charge in [-0.1, -0.05) is 6.92 Å². The maximum atomic E-state index is 12.6. The highest BCUT2D eigenvalue weighted by Gasteiger charge is 2.45. The average Bonchev–Trinajstić information content (AvgIpc) is 2.32. The van der Waals surface area contributed by atoms with Crippen molar-refractivity contribution in [1.82, 2.24) is 10.3 Å². The van der Waals surface area contributed by atoms with Gasteiger partial charge in [0.15, 0.2) is 0 Å². The highest BCUT2D eigenvalue weighted by Crippen LogP contribution is 2.26. The summed E-state index contributed by atoms with van der Waals surface area (Å²) in [5, 5.41) is 2.77. The van der Waals surface area contributed by atoms with Gasteiger partial charge >= 0.3 is 0 Å². The minimum Gasteiger partial charge on any atom is -0.340 e. The number of pyridine rings is 1. The molecule has 1 fully saturated rings. The number of amides is 2. The van der Waals surface area contributed by atoms with E-state index in [9.17, 15) is 9.59 Å². The second kappa shape index (κ2) is 4.64. The second-order valence-corrected chi connectivity index (χ2v) is 5.43. The standard InChI is InChI=1S/C14H19N3O2/c1-5-11-12(18)16-14(3,4)13(19)17(11)10-6-9(2)7-15-8-10/h6-8,11H,5H2,1-4H3,(H,16,18). The lowest BCUT2D eigenvalue weighted by atomic mass is 9.95. The van der Waals surface area contributed by atoms with Gasteiger partial charge in [-0.15, -0.1) is 0 Å². The zero-order chi connectivity index (χ0) is 14.2. The second-order valence-electron chi connectivity index (χ2n) is 5.43. The summed E-state index contributed by atoms with van der Waals surface area (Å²) in [5.41, 5.74) is 0.760. The van der Waals surface area contributed by atoms with Crippen molar-refractivity contribution in [2.45, 2.75) is 45.7 Å². The van der Waals surface area contributed by atoms with E-state index in [0.717, 1.165) is 5.56 Å². The predicted octanol–water partition coefficient (Wildman–Crippen LogP) is 1.41. The Hall–Kier alpha value is -1.91. The summed E-state index contributed by atoms with van der Waals surface area (Å²) in [7, 11) is 0. The van der Waals surface area contributed by atoms with Crippen molar-refractivity contribution in [2.24, 2.45) is 0 Å². The van der Waals surface area contributed by atoms with Gasteiger partial charge < -0.3 is 5.32 Å². The molecule has 5 heteroatoms. The summed E-state index contributed by atoms with van der Waals surface area (Å²) in [4.78, 5) is 30.4. The molecule has 1 N–H and O–H groups in total. The molecule has 19 heavy (non-hydrogen) atoms. The Morgan fingerprint density at radius 1 is 1.37 bits per heavy atom. The molecule has 0 spiro atoms. The Morgan fingerprint density at radius 3 is 2.63 bits per heavy atom. The van der Waals surface area contributed by atoms with Crippen LogP contribution in [0.25, 0.3) is 0 Å². The molecule has 2 rings (SSSR count). The summed E-state index contributed by atoms with van der Waals surface area (Å²) in [5.74, 6) is -0.222. The SMILES string of the molecule is CCC1C(=O)NC(C)(C)C(=O)N1c1cncc(C)c1. The number of nitrogens with zero attached hydrogens (tertiary/aromatic N) is 2. The lowest BCUT2D eigenvalue weighted by Gasteiger charge is -2.42. The highest BCUT2D eigenvalue weighted by atomic mass is 16.2. The van der Waals surface area contributed by atoms with Crippen molar-refractivity contribution < 1.29 is 9.59 Å². The van der Waals surface area contributed by atoms with Crippen molar-refractivity contribution in [3.8, 4) is 0 Å². The fourth-order valence-corrected chi connectivity index (χ4v) is 2.34. The third kappa shape index (κ3) is 2.32. The van der Waals surface area contributed by atoms with Crippen molar-refractivity contribution in [3.63, 3.8) is 0 Å². The maximum absolute atomic E-state index is 12.6. The molecule has 0 saturated carbocycles.